The van der Waals surface area contributed by atoms with Gasteiger partial charge in [-0.05, 0) is 120 Å². The Kier molecular flexibility index (Phi) is 11.4. The van der Waals surface area contributed by atoms with Crippen molar-refractivity contribution in [3.63, 3.8) is 0 Å². The number of ether oxygens (including phenoxy) is 2. The van der Waals surface area contributed by atoms with Crippen LogP contribution in [0.2, 0.25) is 0 Å². The lowest BCUT2D eigenvalue weighted by Crippen LogP contribution is -2.10. The molecule has 44 heavy (non-hydrogen) atoms. The molecular formula is C32H31Br2ClN4O3S2. The maximum Gasteiger partial charge on any atom is 0.141 e. The summed E-state index contributed by atoms with van der Waals surface area (Å²) in [5, 5.41) is 0. The molecule has 4 N–H and O–H groups in total. The topological polar surface area (TPSA) is 108 Å². The first-order valence-electron chi connectivity index (χ1n) is 13.5. The third-order valence-corrected chi connectivity index (χ3v) is 9.24. The van der Waals surface area contributed by atoms with Crippen LogP contribution in [0.1, 0.15) is 37.4 Å². The number of thiophene rings is 2. The molecule has 12 heteroatoms. The van der Waals surface area contributed by atoms with Crippen molar-refractivity contribution in [3.8, 4) is 34.1 Å². The van der Waals surface area contributed by atoms with Crippen LogP contribution in [-0.2, 0) is 0 Å². The van der Waals surface area contributed by atoms with Crippen LogP contribution in [0.4, 0.5) is 11.4 Å². The van der Waals surface area contributed by atoms with Crippen molar-refractivity contribution >= 4 is 90.0 Å². The minimum absolute atomic E-state index is 0. The molecule has 0 bridgehead atoms. The third kappa shape index (κ3) is 8.33. The molecule has 0 saturated heterocycles. The van der Waals surface area contributed by atoms with Crippen LogP contribution in [0.15, 0.2) is 94.8 Å². The van der Waals surface area contributed by atoms with Crippen LogP contribution in [0, 0.1) is 0 Å². The molecule has 0 amide bonds. The summed E-state index contributed by atoms with van der Waals surface area (Å²) in [4.78, 5) is 11.0. The molecule has 2 aromatic carbocycles. The van der Waals surface area contributed by atoms with E-state index in [4.69, 9.17) is 25.4 Å². The molecule has 5 rings (SSSR count). The summed E-state index contributed by atoms with van der Waals surface area (Å²) in [6, 6.07) is 23.1. The summed E-state index contributed by atoms with van der Waals surface area (Å²) < 4.78 is 20.8. The smallest absolute Gasteiger partial charge is 0.141 e. The van der Waals surface area contributed by atoms with Gasteiger partial charge in [0.25, 0.3) is 0 Å². The number of amidine groups is 2. The van der Waals surface area contributed by atoms with E-state index in [1.54, 1.807) is 0 Å². The molecule has 0 unspecified atom stereocenters. The van der Waals surface area contributed by atoms with Crippen molar-refractivity contribution in [2.75, 3.05) is 0 Å². The number of hydrogen-bond acceptors (Lipinski definition) is 7. The first-order chi connectivity index (χ1) is 20.5. The number of benzene rings is 2. The molecule has 0 fully saturated rings. The van der Waals surface area contributed by atoms with Crippen molar-refractivity contribution in [1.82, 2.24) is 0 Å². The molecule has 0 aliphatic carbocycles. The predicted molar refractivity (Wildman–Crippen MR) is 193 cm³/mol. The zero-order valence-electron chi connectivity index (χ0n) is 24.3. The Morgan fingerprint density at radius 1 is 0.659 bits per heavy atom. The van der Waals surface area contributed by atoms with Gasteiger partial charge in [0.1, 0.15) is 34.7 Å². The molecule has 0 spiro atoms. The van der Waals surface area contributed by atoms with Crippen molar-refractivity contribution in [1.29, 1.82) is 0 Å². The lowest BCUT2D eigenvalue weighted by atomic mass is 10.1. The highest BCUT2D eigenvalue weighted by Gasteiger charge is 2.18. The fourth-order valence-electron chi connectivity index (χ4n) is 4.19. The quantitative estimate of drug-likeness (QED) is 0.108. The zero-order chi connectivity index (χ0) is 30.7. The van der Waals surface area contributed by atoms with E-state index in [0.717, 1.165) is 28.5 Å². The van der Waals surface area contributed by atoms with E-state index in [0.29, 0.717) is 46.1 Å². The minimum Gasteiger partial charge on any atom is -0.490 e. The maximum absolute atomic E-state index is 6.40. The van der Waals surface area contributed by atoms with E-state index < -0.39 is 0 Å². The maximum atomic E-state index is 6.40. The van der Waals surface area contributed by atoms with Gasteiger partial charge in [-0.15, -0.1) is 35.1 Å². The lowest BCUT2D eigenvalue weighted by molar-refractivity contribution is 0.243. The van der Waals surface area contributed by atoms with Crippen molar-refractivity contribution < 1.29 is 13.9 Å². The molecule has 3 heterocycles. The Bertz CT molecular complexity index is 1680. The van der Waals surface area contributed by atoms with Crippen LogP contribution in [-0.4, -0.2) is 23.9 Å². The summed E-state index contributed by atoms with van der Waals surface area (Å²) >= 11 is 10.0. The number of furan rings is 1. The number of nitrogens with zero attached hydrogens (tertiary/aromatic N) is 2. The monoisotopic (exact) mass is 776 g/mol. The second-order valence-corrected chi connectivity index (χ2v) is 15.0. The zero-order valence-corrected chi connectivity index (χ0v) is 30.0. The number of nitrogens with two attached hydrogens (primary N) is 2. The van der Waals surface area contributed by atoms with Gasteiger partial charge < -0.3 is 25.4 Å². The van der Waals surface area contributed by atoms with E-state index >= 15 is 0 Å². The average molecular weight is 779 g/mol. The Morgan fingerprint density at radius 3 is 1.41 bits per heavy atom. The molecule has 0 radical (unpaired) electrons. The van der Waals surface area contributed by atoms with Crippen molar-refractivity contribution in [2.45, 2.75) is 39.9 Å². The standard InChI is InChI=1S/C32H30Br2N4O3S2.ClH/c1-17(2)39-25-15-19(37-31(35)27-11-13-29(33)42-27)5-7-21(25)23-9-10-24(41-23)22-8-6-20(16-26(22)40-18(3)4)38-32(36)28-12-14-30(34)43-28;/h5-18H,1-4H3,(H2,35,37)(H2,36,38);1H. The highest BCUT2D eigenvalue weighted by atomic mass is 79.9. The Hall–Kier alpha value is -3.09. The van der Waals surface area contributed by atoms with E-state index in [9.17, 15) is 0 Å². The van der Waals surface area contributed by atoms with Crippen molar-refractivity contribution in [2.24, 2.45) is 21.5 Å². The summed E-state index contributed by atoms with van der Waals surface area (Å²) in [6.07, 6.45) is -0.111. The van der Waals surface area contributed by atoms with E-state index in [2.05, 4.69) is 41.8 Å². The minimum atomic E-state index is -0.0557. The average Bonchev–Trinajstić information content (AvgIpc) is 3.70. The van der Waals surface area contributed by atoms with Gasteiger partial charge >= 0.3 is 0 Å². The fraction of sp³-hybridized carbons (Fsp3) is 0.188. The van der Waals surface area contributed by atoms with Crippen LogP contribution in [0.3, 0.4) is 0 Å². The van der Waals surface area contributed by atoms with Crippen molar-refractivity contribution in [3.05, 3.63) is 90.1 Å². The Labute approximate surface area is 287 Å². The predicted octanol–water partition coefficient (Wildman–Crippen LogP) is 10.3. The Balaban J connectivity index is 0.00000442. The highest BCUT2D eigenvalue weighted by molar-refractivity contribution is 9.11. The molecule has 3 aromatic heterocycles. The molecular weight excluding hydrogens is 748 g/mol. The van der Waals surface area contributed by atoms with Gasteiger partial charge in [-0.2, -0.15) is 0 Å². The SMILES string of the molecule is CC(C)Oc1cc(N=C(N)c2ccc(Br)s2)ccc1-c1ccc(-c2ccc(N=C(N)c3ccc(Br)s3)cc2OC(C)C)o1.Cl. The highest BCUT2D eigenvalue weighted by Crippen LogP contribution is 2.40. The third-order valence-electron chi connectivity index (χ3n) is 5.94. The number of aliphatic imine (C=N–C) groups is 2. The van der Waals surface area contributed by atoms with E-state index in [1.165, 1.54) is 22.7 Å². The van der Waals surface area contributed by atoms with Gasteiger partial charge in [0.2, 0.25) is 0 Å². The van der Waals surface area contributed by atoms with Crippen LogP contribution >= 0.6 is 66.9 Å². The molecule has 0 saturated carbocycles. The number of rotatable bonds is 10. The Morgan fingerprint density at radius 2 is 1.07 bits per heavy atom. The van der Waals surface area contributed by atoms with Gasteiger partial charge in [0.15, 0.2) is 0 Å². The number of halogens is 3. The summed E-state index contributed by atoms with van der Waals surface area (Å²) in [7, 11) is 0. The summed E-state index contributed by atoms with van der Waals surface area (Å²) in [6.45, 7) is 7.92. The molecule has 7 nitrogen and oxygen atoms in total. The number of hydrogen-bond donors (Lipinski definition) is 2. The molecule has 0 aliphatic rings. The van der Waals surface area contributed by atoms with Crippen LogP contribution in [0.25, 0.3) is 22.6 Å². The summed E-state index contributed by atoms with van der Waals surface area (Å²) in [5.74, 6) is 3.49. The van der Waals surface area contributed by atoms with Gasteiger partial charge in [0.05, 0.1) is 52.0 Å². The normalized spacial score (nSPS) is 12.1. The first kappa shape index (κ1) is 33.8. The van der Waals surface area contributed by atoms with E-state index in [-0.39, 0.29) is 24.6 Å². The second-order valence-electron chi connectivity index (χ2n) is 10.1. The van der Waals surface area contributed by atoms with E-state index in [1.807, 2.05) is 100 Å². The fourth-order valence-corrected chi connectivity index (χ4v) is 6.77. The largest absolute Gasteiger partial charge is 0.490 e. The lowest BCUT2D eigenvalue weighted by Gasteiger charge is -2.15. The second kappa shape index (κ2) is 14.8. The van der Waals surface area contributed by atoms with Gasteiger partial charge in [-0.25, -0.2) is 9.98 Å². The first-order valence-corrected chi connectivity index (χ1v) is 16.7. The molecule has 5 aromatic rings. The molecule has 230 valence electrons. The van der Waals surface area contributed by atoms with Gasteiger partial charge in [-0.1, -0.05) is 0 Å². The van der Waals surface area contributed by atoms with Crippen LogP contribution < -0.4 is 20.9 Å². The van der Waals surface area contributed by atoms with Gasteiger partial charge in [-0.3, -0.25) is 0 Å². The van der Waals surface area contributed by atoms with Crippen LogP contribution in [0.5, 0.6) is 11.5 Å². The molecule has 0 aliphatic heterocycles. The summed E-state index contributed by atoms with van der Waals surface area (Å²) in [5.41, 5.74) is 15.5. The van der Waals surface area contributed by atoms with Gasteiger partial charge in [0, 0.05) is 12.1 Å². The molecule has 0 atom stereocenters.